The Morgan fingerprint density at radius 3 is 2.60 bits per heavy atom. The maximum absolute atomic E-state index is 12.1. The molecule has 3 aromatic rings. The SMILES string of the molecule is Cc1cccn2cc(CC(=O)NCc3ccc(S(N)(=O)=O)cc3)nc12. The number of rotatable bonds is 5. The minimum Gasteiger partial charge on any atom is -0.352 e. The first-order valence-corrected chi connectivity index (χ1v) is 9.19. The number of amides is 1. The van der Waals surface area contributed by atoms with E-state index in [4.69, 9.17) is 5.14 Å². The lowest BCUT2D eigenvalue weighted by Gasteiger charge is -2.05. The van der Waals surface area contributed by atoms with Gasteiger partial charge in [-0.15, -0.1) is 0 Å². The normalized spacial score (nSPS) is 11.6. The van der Waals surface area contributed by atoms with Gasteiger partial charge in [-0.1, -0.05) is 18.2 Å². The molecule has 2 aromatic heterocycles. The summed E-state index contributed by atoms with van der Waals surface area (Å²) in [6.45, 7) is 2.27. The Hall–Kier alpha value is -2.71. The maximum Gasteiger partial charge on any atom is 0.238 e. The predicted molar refractivity (Wildman–Crippen MR) is 93.3 cm³/mol. The average molecular weight is 358 g/mol. The number of pyridine rings is 1. The smallest absolute Gasteiger partial charge is 0.238 e. The van der Waals surface area contributed by atoms with Gasteiger partial charge in [0, 0.05) is 18.9 Å². The Morgan fingerprint density at radius 1 is 1.24 bits per heavy atom. The van der Waals surface area contributed by atoms with Crippen LogP contribution in [0, 0.1) is 6.92 Å². The van der Waals surface area contributed by atoms with Crippen molar-refractivity contribution in [3.63, 3.8) is 0 Å². The summed E-state index contributed by atoms with van der Waals surface area (Å²) in [5, 5.41) is 7.85. The fraction of sp³-hybridized carbons (Fsp3) is 0.176. The molecule has 1 aromatic carbocycles. The zero-order valence-corrected chi connectivity index (χ0v) is 14.5. The summed E-state index contributed by atoms with van der Waals surface area (Å²) in [5.74, 6) is -0.156. The van der Waals surface area contributed by atoms with Crippen LogP contribution in [0.2, 0.25) is 0 Å². The molecular weight excluding hydrogens is 340 g/mol. The van der Waals surface area contributed by atoms with Crippen LogP contribution < -0.4 is 10.5 Å². The second-order valence-corrected chi connectivity index (χ2v) is 7.36. The van der Waals surface area contributed by atoms with Crippen molar-refractivity contribution in [1.82, 2.24) is 14.7 Å². The third-order valence-electron chi connectivity index (χ3n) is 3.81. The summed E-state index contributed by atoms with van der Waals surface area (Å²) in [7, 11) is -3.71. The van der Waals surface area contributed by atoms with Gasteiger partial charge >= 0.3 is 0 Å². The van der Waals surface area contributed by atoms with Crippen molar-refractivity contribution < 1.29 is 13.2 Å². The highest BCUT2D eigenvalue weighted by Gasteiger charge is 2.10. The van der Waals surface area contributed by atoms with E-state index in [1.807, 2.05) is 35.9 Å². The maximum atomic E-state index is 12.1. The standard InChI is InChI=1S/C17H18N4O3S/c1-12-3-2-8-21-11-14(20-17(12)21)9-16(22)19-10-13-4-6-15(7-5-13)25(18,23)24/h2-8,11H,9-10H2,1H3,(H,19,22)(H2,18,23,24). The minimum atomic E-state index is -3.71. The molecule has 0 spiro atoms. The topological polar surface area (TPSA) is 107 Å². The lowest BCUT2D eigenvalue weighted by atomic mass is 10.2. The highest BCUT2D eigenvalue weighted by atomic mass is 32.2. The van der Waals surface area contributed by atoms with Crippen LogP contribution in [-0.2, 0) is 27.8 Å². The monoisotopic (exact) mass is 358 g/mol. The van der Waals surface area contributed by atoms with Crippen LogP contribution in [-0.4, -0.2) is 23.7 Å². The first-order valence-electron chi connectivity index (χ1n) is 7.64. The fourth-order valence-electron chi connectivity index (χ4n) is 2.51. The molecule has 7 nitrogen and oxygen atoms in total. The fourth-order valence-corrected chi connectivity index (χ4v) is 3.03. The number of nitrogens with one attached hydrogen (secondary N) is 1. The zero-order valence-electron chi connectivity index (χ0n) is 13.6. The van der Waals surface area contributed by atoms with E-state index in [2.05, 4.69) is 10.3 Å². The molecule has 1 amide bonds. The molecule has 0 fully saturated rings. The second kappa shape index (κ2) is 6.66. The number of hydrogen-bond acceptors (Lipinski definition) is 4. The second-order valence-electron chi connectivity index (χ2n) is 5.80. The largest absolute Gasteiger partial charge is 0.352 e. The van der Waals surface area contributed by atoms with E-state index in [9.17, 15) is 13.2 Å². The van der Waals surface area contributed by atoms with Gasteiger partial charge < -0.3 is 9.72 Å². The quantitative estimate of drug-likeness (QED) is 0.713. The van der Waals surface area contributed by atoms with E-state index in [1.165, 1.54) is 12.1 Å². The molecule has 0 aliphatic carbocycles. The van der Waals surface area contributed by atoms with Crippen molar-refractivity contribution in [1.29, 1.82) is 0 Å². The Morgan fingerprint density at radius 2 is 1.96 bits per heavy atom. The molecule has 0 saturated heterocycles. The van der Waals surface area contributed by atoms with Gasteiger partial charge in [-0.25, -0.2) is 18.5 Å². The molecule has 25 heavy (non-hydrogen) atoms. The summed E-state index contributed by atoms with van der Waals surface area (Å²) >= 11 is 0. The van der Waals surface area contributed by atoms with E-state index in [-0.39, 0.29) is 17.2 Å². The summed E-state index contributed by atoms with van der Waals surface area (Å²) in [6, 6.07) is 9.97. The number of nitrogens with zero attached hydrogens (tertiary/aromatic N) is 2. The summed E-state index contributed by atoms with van der Waals surface area (Å²) in [6.07, 6.45) is 3.91. The first kappa shape index (κ1) is 17.1. The van der Waals surface area contributed by atoms with Crippen LogP contribution in [0.5, 0.6) is 0 Å². The summed E-state index contributed by atoms with van der Waals surface area (Å²) in [5.41, 5.74) is 3.36. The Bertz CT molecular complexity index is 1020. The van der Waals surface area contributed by atoms with Gasteiger partial charge in [0.1, 0.15) is 5.65 Å². The third-order valence-corrected chi connectivity index (χ3v) is 4.74. The van der Waals surface area contributed by atoms with Crippen molar-refractivity contribution >= 4 is 21.6 Å². The van der Waals surface area contributed by atoms with Crippen LogP contribution >= 0.6 is 0 Å². The van der Waals surface area contributed by atoms with Gasteiger partial charge in [0.25, 0.3) is 0 Å². The van der Waals surface area contributed by atoms with Gasteiger partial charge in [-0.3, -0.25) is 4.79 Å². The molecule has 0 atom stereocenters. The third kappa shape index (κ3) is 4.04. The van der Waals surface area contributed by atoms with Crippen LogP contribution in [0.1, 0.15) is 16.8 Å². The number of imidazole rings is 1. The van der Waals surface area contributed by atoms with Crippen molar-refractivity contribution in [2.45, 2.75) is 24.8 Å². The summed E-state index contributed by atoms with van der Waals surface area (Å²) < 4.78 is 24.3. The number of carbonyl (C=O) groups is 1. The number of sulfonamides is 1. The Kier molecular flexibility index (Phi) is 4.56. The Labute approximate surface area is 145 Å². The number of primary sulfonamides is 1. The molecule has 0 aliphatic heterocycles. The highest BCUT2D eigenvalue weighted by Crippen LogP contribution is 2.11. The van der Waals surface area contributed by atoms with Crippen molar-refractivity contribution in [2.24, 2.45) is 5.14 Å². The lowest BCUT2D eigenvalue weighted by molar-refractivity contribution is -0.120. The molecular formula is C17H18N4O3S. The van der Waals surface area contributed by atoms with Crippen LogP contribution in [0.3, 0.4) is 0 Å². The van der Waals surface area contributed by atoms with E-state index >= 15 is 0 Å². The van der Waals surface area contributed by atoms with E-state index in [0.29, 0.717) is 12.2 Å². The van der Waals surface area contributed by atoms with Crippen molar-refractivity contribution in [3.8, 4) is 0 Å². The number of aryl methyl sites for hydroxylation is 1. The average Bonchev–Trinajstić information content (AvgIpc) is 2.96. The van der Waals surface area contributed by atoms with E-state index < -0.39 is 10.0 Å². The predicted octanol–water partition coefficient (Wildman–Crippen LogP) is 1.15. The van der Waals surface area contributed by atoms with Gasteiger partial charge in [0.15, 0.2) is 0 Å². The first-order chi connectivity index (χ1) is 11.8. The molecule has 0 aliphatic rings. The Balaban J connectivity index is 1.61. The molecule has 130 valence electrons. The van der Waals surface area contributed by atoms with Crippen LogP contribution in [0.4, 0.5) is 0 Å². The highest BCUT2D eigenvalue weighted by molar-refractivity contribution is 7.89. The number of nitrogens with two attached hydrogens (primary N) is 1. The number of fused-ring (bicyclic) bond motifs is 1. The van der Waals surface area contributed by atoms with Crippen molar-refractivity contribution in [3.05, 3.63) is 65.6 Å². The molecule has 3 rings (SSSR count). The van der Waals surface area contributed by atoms with Gasteiger partial charge in [0.05, 0.1) is 17.0 Å². The molecule has 8 heteroatoms. The molecule has 2 heterocycles. The number of aromatic nitrogens is 2. The van der Waals surface area contributed by atoms with E-state index in [0.717, 1.165) is 16.8 Å². The van der Waals surface area contributed by atoms with Crippen LogP contribution in [0.15, 0.2) is 53.7 Å². The molecule has 3 N–H and O–H groups in total. The van der Waals surface area contributed by atoms with E-state index in [1.54, 1.807) is 12.1 Å². The number of benzene rings is 1. The van der Waals surface area contributed by atoms with Crippen LogP contribution in [0.25, 0.3) is 5.65 Å². The van der Waals surface area contributed by atoms with Gasteiger partial charge in [-0.05, 0) is 36.2 Å². The van der Waals surface area contributed by atoms with Gasteiger partial charge in [-0.2, -0.15) is 0 Å². The minimum absolute atomic E-state index is 0.0441. The zero-order chi connectivity index (χ0) is 18.0. The lowest BCUT2D eigenvalue weighted by Crippen LogP contribution is -2.24. The van der Waals surface area contributed by atoms with Crippen molar-refractivity contribution in [2.75, 3.05) is 0 Å². The molecule has 0 bridgehead atoms. The number of hydrogen-bond donors (Lipinski definition) is 2. The molecule has 0 saturated carbocycles. The van der Waals surface area contributed by atoms with Gasteiger partial charge in [0.2, 0.25) is 15.9 Å². The number of carbonyl (C=O) groups excluding carboxylic acids is 1. The molecule has 0 unspecified atom stereocenters. The summed E-state index contributed by atoms with van der Waals surface area (Å²) in [4.78, 5) is 16.6. The molecule has 0 radical (unpaired) electrons.